The smallest absolute Gasteiger partial charge is 0.0272 e. The van der Waals surface area contributed by atoms with E-state index in [1.165, 1.54) is 32.7 Å². The van der Waals surface area contributed by atoms with Crippen LogP contribution >= 0.6 is 15.9 Å². The maximum Gasteiger partial charge on any atom is 0.0272 e. The van der Waals surface area contributed by atoms with Gasteiger partial charge in [0.25, 0.3) is 0 Å². The topological polar surface area (TPSA) is 52.0 Å². The van der Waals surface area contributed by atoms with Crippen LogP contribution in [0.5, 0.6) is 0 Å². The summed E-state index contributed by atoms with van der Waals surface area (Å²) in [6.07, 6.45) is 0. The van der Waals surface area contributed by atoms with E-state index in [0.717, 1.165) is 4.47 Å². The molecule has 5 aromatic carbocycles. The highest BCUT2D eigenvalue weighted by Gasteiger charge is 2.04. The number of hydrogen-bond donors (Lipinski definition) is 2. The van der Waals surface area contributed by atoms with Crippen LogP contribution in [0.1, 0.15) is 37.1 Å². The molecular formula is C30H31BrN2. The highest BCUT2D eigenvalue weighted by molar-refractivity contribution is 9.10. The summed E-state index contributed by atoms with van der Waals surface area (Å²) < 4.78 is 1.13. The number of halogens is 1. The molecule has 168 valence electrons. The molecule has 0 spiro atoms. The summed E-state index contributed by atoms with van der Waals surface area (Å²) in [4.78, 5) is 0. The number of fused-ring (bicyclic) bond motifs is 2. The lowest BCUT2D eigenvalue weighted by Gasteiger charge is -2.09. The van der Waals surface area contributed by atoms with Crippen LogP contribution < -0.4 is 11.5 Å². The van der Waals surface area contributed by atoms with Crippen LogP contribution in [0.25, 0.3) is 21.5 Å². The van der Waals surface area contributed by atoms with Crippen LogP contribution in [-0.4, -0.2) is 0 Å². The summed E-state index contributed by atoms with van der Waals surface area (Å²) in [7, 11) is 0. The van der Waals surface area contributed by atoms with Crippen molar-refractivity contribution in [2.24, 2.45) is 11.5 Å². The first-order valence-corrected chi connectivity index (χ1v) is 11.9. The van der Waals surface area contributed by atoms with Gasteiger partial charge in [-0.1, -0.05) is 119 Å². The number of rotatable bonds is 2. The van der Waals surface area contributed by atoms with E-state index in [2.05, 4.69) is 76.6 Å². The average molecular weight is 499 g/mol. The van der Waals surface area contributed by atoms with Crippen molar-refractivity contribution in [2.45, 2.75) is 25.9 Å². The van der Waals surface area contributed by atoms with Gasteiger partial charge in [-0.25, -0.2) is 0 Å². The van der Waals surface area contributed by atoms with Crippen molar-refractivity contribution in [3.63, 3.8) is 0 Å². The summed E-state index contributed by atoms with van der Waals surface area (Å²) in [5, 5.41) is 5.05. The zero-order chi connectivity index (χ0) is 23.6. The van der Waals surface area contributed by atoms with Gasteiger partial charge in [0.2, 0.25) is 0 Å². The van der Waals surface area contributed by atoms with E-state index >= 15 is 0 Å². The van der Waals surface area contributed by atoms with Gasteiger partial charge in [-0.15, -0.1) is 0 Å². The molecule has 0 bridgehead atoms. The Kier molecular flexibility index (Phi) is 9.20. The van der Waals surface area contributed by atoms with Crippen LogP contribution in [0.2, 0.25) is 0 Å². The predicted octanol–water partition coefficient (Wildman–Crippen LogP) is 8.17. The Bertz CT molecular complexity index is 1190. The normalized spacial score (nSPS) is 12.2. The van der Waals surface area contributed by atoms with Crippen molar-refractivity contribution < 1.29 is 0 Å². The summed E-state index contributed by atoms with van der Waals surface area (Å²) >= 11 is 3.31. The molecule has 0 heterocycles. The number of benzene rings is 5. The Hall–Kier alpha value is -2.98. The van der Waals surface area contributed by atoms with Gasteiger partial charge >= 0.3 is 0 Å². The lowest BCUT2D eigenvalue weighted by molar-refractivity contribution is 0.826. The van der Waals surface area contributed by atoms with E-state index in [1.54, 1.807) is 0 Å². The molecular weight excluding hydrogens is 468 g/mol. The molecule has 0 aliphatic rings. The molecule has 0 saturated carbocycles. The molecule has 4 N–H and O–H groups in total. The molecule has 0 fully saturated rings. The lowest BCUT2D eigenvalue weighted by Crippen LogP contribution is -2.05. The van der Waals surface area contributed by atoms with E-state index in [9.17, 15) is 0 Å². The molecule has 33 heavy (non-hydrogen) atoms. The van der Waals surface area contributed by atoms with Gasteiger partial charge < -0.3 is 11.5 Å². The molecule has 2 unspecified atom stereocenters. The molecule has 0 aromatic heterocycles. The monoisotopic (exact) mass is 498 g/mol. The fourth-order valence-electron chi connectivity index (χ4n) is 3.71. The van der Waals surface area contributed by atoms with Gasteiger partial charge in [-0.05, 0) is 58.7 Å². The van der Waals surface area contributed by atoms with Gasteiger partial charge in [0.15, 0.2) is 0 Å². The molecule has 0 amide bonds. The SMILES string of the molecule is Brc1ccccc1.CC(N)c1cccc2ccccc12.CC(N)c1cccc2ccccc12. The molecule has 5 rings (SSSR count). The van der Waals surface area contributed by atoms with Crippen molar-refractivity contribution in [3.8, 4) is 0 Å². The summed E-state index contributed by atoms with van der Waals surface area (Å²) in [5.74, 6) is 0. The van der Waals surface area contributed by atoms with Gasteiger partial charge in [-0.3, -0.25) is 0 Å². The Morgan fingerprint density at radius 1 is 0.485 bits per heavy atom. The standard InChI is InChI=1S/2C12H13N.C6H5Br/c2*1-9(13)11-8-4-6-10-5-2-3-7-12(10)11;7-6-4-2-1-3-5-6/h2*2-9H,13H2,1H3;1-5H. The van der Waals surface area contributed by atoms with Crippen LogP contribution in [0, 0.1) is 0 Å². The molecule has 0 radical (unpaired) electrons. The third-order valence-corrected chi connectivity index (χ3v) is 5.89. The number of nitrogens with two attached hydrogens (primary N) is 2. The molecule has 3 heteroatoms. The predicted molar refractivity (Wildman–Crippen MR) is 147 cm³/mol. The van der Waals surface area contributed by atoms with Crippen molar-refractivity contribution in [1.29, 1.82) is 0 Å². The van der Waals surface area contributed by atoms with E-state index in [-0.39, 0.29) is 12.1 Å². The third-order valence-electron chi connectivity index (χ3n) is 5.36. The highest BCUT2D eigenvalue weighted by atomic mass is 79.9. The quantitative estimate of drug-likeness (QED) is 0.257. The molecule has 2 atom stereocenters. The summed E-state index contributed by atoms with van der Waals surface area (Å²) in [6.45, 7) is 4.03. The second-order valence-corrected chi connectivity index (χ2v) is 8.93. The lowest BCUT2D eigenvalue weighted by atomic mass is 10.0. The molecule has 0 aliphatic carbocycles. The van der Waals surface area contributed by atoms with Crippen LogP contribution in [0.15, 0.2) is 120 Å². The minimum absolute atomic E-state index is 0.103. The van der Waals surface area contributed by atoms with Gasteiger partial charge in [0.1, 0.15) is 0 Å². The van der Waals surface area contributed by atoms with E-state index < -0.39 is 0 Å². The Labute approximate surface area is 205 Å². The van der Waals surface area contributed by atoms with E-state index in [1.807, 2.05) is 68.4 Å². The maximum atomic E-state index is 5.88. The first-order valence-electron chi connectivity index (χ1n) is 11.1. The molecule has 5 aromatic rings. The highest BCUT2D eigenvalue weighted by Crippen LogP contribution is 2.23. The second kappa shape index (κ2) is 12.3. The van der Waals surface area contributed by atoms with Crippen molar-refractivity contribution in [3.05, 3.63) is 131 Å². The minimum atomic E-state index is 0.103. The van der Waals surface area contributed by atoms with Crippen LogP contribution in [0.3, 0.4) is 0 Å². The Morgan fingerprint density at radius 3 is 1.21 bits per heavy atom. The average Bonchev–Trinajstić information content (AvgIpc) is 2.84. The minimum Gasteiger partial charge on any atom is -0.324 e. The van der Waals surface area contributed by atoms with E-state index in [4.69, 9.17) is 11.5 Å². The zero-order valence-electron chi connectivity index (χ0n) is 19.2. The van der Waals surface area contributed by atoms with Gasteiger partial charge in [0.05, 0.1) is 0 Å². The fraction of sp³-hybridized carbons (Fsp3) is 0.133. The van der Waals surface area contributed by atoms with Crippen molar-refractivity contribution >= 4 is 37.5 Å². The number of hydrogen-bond acceptors (Lipinski definition) is 2. The van der Waals surface area contributed by atoms with Gasteiger partial charge in [-0.2, -0.15) is 0 Å². The molecule has 0 saturated heterocycles. The van der Waals surface area contributed by atoms with E-state index in [0.29, 0.717) is 0 Å². The Morgan fingerprint density at radius 2 is 0.848 bits per heavy atom. The zero-order valence-corrected chi connectivity index (χ0v) is 20.7. The first-order chi connectivity index (χ1) is 16.0. The fourth-order valence-corrected chi connectivity index (χ4v) is 4.01. The molecule has 0 aliphatic heterocycles. The summed E-state index contributed by atoms with van der Waals surface area (Å²) in [5.41, 5.74) is 14.2. The second-order valence-electron chi connectivity index (χ2n) is 8.01. The summed E-state index contributed by atoms with van der Waals surface area (Å²) in [6, 6.07) is 39.4. The first kappa shape index (κ1) is 24.7. The molecule has 2 nitrogen and oxygen atoms in total. The Balaban J connectivity index is 0.000000146. The largest absolute Gasteiger partial charge is 0.324 e. The third kappa shape index (κ3) is 7.00. The van der Waals surface area contributed by atoms with Crippen molar-refractivity contribution in [1.82, 2.24) is 0 Å². The van der Waals surface area contributed by atoms with Crippen molar-refractivity contribution in [2.75, 3.05) is 0 Å². The van der Waals surface area contributed by atoms with Crippen LogP contribution in [-0.2, 0) is 0 Å². The maximum absolute atomic E-state index is 5.88. The van der Waals surface area contributed by atoms with Gasteiger partial charge in [0, 0.05) is 16.6 Å². The van der Waals surface area contributed by atoms with Crippen LogP contribution in [0.4, 0.5) is 0 Å².